The van der Waals surface area contributed by atoms with Crippen molar-refractivity contribution in [2.45, 2.75) is 32.6 Å². The summed E-state index contributed by atoms with van der Waals surface area (Å²) in [6.45, 7) is 6.33. The number of anilines is 1. The van der Waals surface area contributed by atoms with Gasteiger partial charge in [-0.1, -0.05) is 6.07 Å². The summed E-state index contributed by atoms with van der Waals surface area (Å²) in [6.07, 6.45) is 2.36. The Morgan fingerprint density at radius 3 is 2.94 bits per heavy atom. The van der Waals surface area contributed by atoms with Crippen LogP contribution >= 0.6 is 0 Å². The van der Waals surface area contributed by atoms with Crippen LogP contribution in [0.4, 0.5) is 5.69 Å². The molecule has 2 rings (SSSR count). The molecular weight excluding hydrogens is 198 g/mol. The molecule has 0 saturated heterocycles. The first-order valence-corrected chi connectivity index (χ1v) is 6.06. The summed E-state index contributed by atoms with van der Waals surface area (Å²) in [5.74, 6) is 0.664. The lowest BCUT2D eigenvalue weighted by Gasteiger charge is -2.28. The van der Waals surface area contributed by atoms with E-state index in [1.165, 1.54) is 28.8 Å². The van der Waals surface area contributed by atoms with E-state index in [2.05, 4.69) is 31.3 Å². The highest BCUT2D eigenvalue weighted by Crippen LogP contribution is 2.36. The van der Waals surface area contributed by atoms with E-state index in [1.807, 2.05) is 0 Å². The van der Waals surface area contributed by atoms with Crippen molar-refractivity contribution in [3.8, 4) is 0 Å². The molecule has 0 bridgehead atoms. The van der Waals surface area contributed by atoms with Gasteiger partial charge in [0, 0.05) is 25.9 Å². The molecule has 0 aromatic heterocycles. The molecule has 1 unspecified atom stereocenters. The first kappa shape index (κ1) is 11.5. The van der Waals surface area contributed by atoms with Gasteiger partial charge in [-0.15, -0.1) is 0 Å². The van der Waals surface area contributed by atoms with Gasteiger partial charge in [0.25, 0.3) is 0 Å². The number of rotatable bonds is 3. The molecule has 0 amide bonds. The molecule has 88 valence electrons. The van der Waals surface area contributed by atoms with Crippen LogP contribution in [-0.2, 0) is 4.74 Å². The Morgan fingerprint density at radius 2 is 2.19 bits per heavy atom. The Balaban J connectivity index is 2.30. The lowest BCUT2D eigenvalue weighted by molar-refractivity contribution is 0.186. The van der Waals surface area contributed by atoms with E-state index >= 15 is 0 Å². The topological polar surface area (TPSA) is 21.3 Å². The molecule has 0 radical (unpaired) electrons. The van der Waals surface area contributed by atoms with E-state index in [4.69, 9.17) is 4.74 Å². The predicted octanol–water partition coefficient (Wildman–Crippen LogP) is 3.24. The van der Waals surface area contributed by atoms with E-state index in [-0.39, 0.29) is 0 Å². The van der Waals surface area contributed by atoms with Gasteiger partial charge < -0.3 is 10.1 Å². The van der Waals surface area contributed by atoms with Crippen molar-refractivity contribution < 1.29 is 4.74 Å². The number of nitrogens with one attached hydrogen (secondary N) is 1. The minimum atomic E-state index is 0.664. The summed E-state index contributed by atoms with van der Waals surface area (Å²) >= 11 is 0. The van der Waals surface area contributed by atoms with Crippen LogP contribution in [0.2, 0.25) is 0 Å². The second-order valence-electron chi connectivity index (χ2n) is 4.74. The van der Waals surface area contributed by atoms with Crippen molar-refractivity contribution in [1.82, 2.24) is 0 Å². The van der Waals surface area contributed by atoms with E-state index in [0.717, 1.165) is 19.6 Å². The van der Waals surface area contributed by atoms with Gasteiger partial charge in [-0.3, -0.25) is 0 Å². The van der Waals surface area contributed by atoms with Crippen LogP contribution in [0.3, 0.4) is 0 Å². The van der Waals surface area contributed by atoms with Gasteiger partial charge in [-0.25, -0.2) is 0 Å². The van der Waals surface area contributed by atoms with Crippen LogP contribution in [0.15, 0.2) is 12.1 Å². The third kappa shape index (κ3) is 2.22. The van der Waals surface area contributed by atoms with Gasteiger partial charge in [0.05, 0.1) is 0 Å². The molecule has 1 aromatic carbocycles. The van der Waals surface area contributed by atoms with Crippen LogP contribution in [-0.4, -0.2) is 20.3 Å². The van der Waals surface area contributed by atoms with Gasteiger partial charge in [-0.2, -0.15) is 0 Å². The quantitative estimate of drug-likeness (QED) is 0.842. The highest BCUT2D eigenvalue weighted by Gasteiger charge is 2.21. The summed E-state index contributed by atoms with van der Waals surface area (Å²) in [5, 5.41) is 3.51. The lowest BCUT2D eigenvalue weighted by Crippen LogP contribution is -2.19. The Labute approximate surface area is 98.0 Å². The zero-order valence-electron chi connectivity index (χ0n) is 10.5. The Bertz CT molecular complexity index is 373. The lowest BCUT2D eigenvalue weighted by atomic mass is 9.85. The molecule has 2 nitrogen and oxygen atoms in total. The van der Waals surface area contributed by atoms with Crippen LogP contribution < -0.4 is 5.32 Å². The minimum absolute atomic E-state index is 0.664. The maximum atomic E-state index is 5.20. The molecule has 1 atom stereocenters. The number of methoxy groups -OCH3 is 1. The maximum Gasteiger partial charge on any atom is 0.0468 e. The fourth-order valence-electron chi connectivity index (χ4n) is 2.74. The fourth-order valence-corrected chi connectivity index (χ4v) is 2.74. The highest BCUT2D eigenvalue weighted by atomic mass is 16.5. The van der Waals surface area contributed by atoms with E-state index in [1.54, 1.807) is 7.11 Å². The molecule has 0 fully saturated rings. The average Bonchev–Trinajstić information content (AvgIpc) is 2.25. The molecule has 2 heteroatoms. The fraction of sp³-hybridized carbons (Fsp3) is 0.571. The van der Waals surface area contributed by atoms with Crippen LogP contribution in [0, 0.1) is 13.8 Å². The third-order valence-corrected chi connectivity index (χ3v) is 3.42. The molecule has 1 heterocycles. The normalized spacial score (nSPS) is 19.1. The van der Waals surface area contributed by atoms with Gasteiger partial charge in [0.2, 0.25) is 0 Å². The number of benzene rings is 1. The number of hydrogen-bond donors (Lipinski definition) is 1. The molecule has 0 aliphatic carbocycles. The van der Waals surface area contributed by atoms with Crippen LogP contribution in [0.5, 0.6) is 0 Å². The molecule has 0 saturated carbocycles. The zero-order valence-corrected chi connectivity index (χ0v) is 10.5. The first-order valence-electron chi connectivity index (χ1n) is 6.06. The van der Waals surface area contributed by atoms with Crippen molar-refractivity contribution in [3.63, 3.8) is 0 Å². The molecule has 0 spiro atoms. The summed E-state index contributed by atoms with van der Waals surface area (Å²) in [7, 11) is 1.78. The monoisotopic (exact) mass is 219 g/mol. The van der Waals surface area contributed by atoms with Gasteiger partial charge >= 0.3 is 0 Å². The molecular formula is C14H21NO. The van der Waals surface area contributed by atoms with Gasteiger partial charge in [0.15, 0.2) is 0 Å². The Kier molecular flexibility index (Phi) is 3.49. The predicted molar refractivity (Wildman–Crippen MR) is 68.3 cm³/mol. The summed E-state index contributed by atoms with van der Waals surface area (Å²) in [5.41, 5.74) is 5.61. The van der Waals surface area contributed by atoms with Crippen molar-refractivity contribution in [2.24, 2.45) is 0 Å². The van der Waals surface area contributed by atoms with Gasteiger partial charge in [0.1, 0.15) is 0 Å². The number of fused-ring (bicyclic) bond motifs is 1. The number of ether oxygens (including phenoxy) is 1. The average molecular weight is 219 g/mol. The zero-order chi connectivity index (χ0) is 11.5. The van der Waals surface area contributed by atoms with E-state index in [9.17, 15) is 0 Å². The number of aryl methyl sites for hydroxylation is 2. The maximum absolute atomic E-state index is 5.20. The number of hydrogen-bond acceptors (Lipinski definition) is 2. The van der Waals surface area contributed by atoms with Crippen molar-refractivity contribution in [3.05, 3.63) is 28.8 Å². The van der Waals surface area contributed by atoms with Crippen LogP contribution in [0.1, 0.15) is 35.4 Å². The first-order chi connectivity index (χ1) is 7.72. The summed E-state index contributed by atoms with van der Waals surface area (Å²) < 4.78 is 5.20. The molecule has 16 heavy (non-hydrogen) atoms. The van der Waals surface area contributed by atoms with Crippen LogP contribution in [0.25, 0.3) is 0 Å². The van der Waals surface area contributed by atoms with E-state index < -0.39 is 0 Å². The molecule has 1 aliphatic rings. The SMILES string of the molecule is COCCC1CCNc2cc(C)cc(C)c21. The highest BCUT2D eigenvalue weighted by molar-refractivity contribution is 5.59. The second-order valence-corrected chi connectivity index (χ2v) is 4.74. The minimum Gasteiger partial charge on any atom is -0.385 e. The largest absolute Gasteiger partial charge is 0.385 e. The third-order valence-electron chi connectivity index (χ3n) is 3.42. The summed E-state index contributed by atoms with van der Waals surface area (Å²) in [6, 6.07) is 4.55. The molecule has 1 N–H and O–H groups in total. The smallest absolute Gasteiger partial charge is 0.0468 e. The van der Waals surface area contributed by atoms with Crippen molar-refractivity contribution in [2.75, 3.05) is 25.6 Å². The summed E-state index contributed by atoms with van der Waals surface area (Å²) in [4.78, 5) is 0. The second kappa shape index (κ2) is 4.88. The van der Waals surface area contributed by atoms with Gasteiger partial charge in [-0.05, 0) is 55.4 Å². The van der Waals surface area contributed by atoms with E-state index in [0.29, 0.717) is 5.92 Å². The standard InChI is InChI=1S/C14H21NO/c1-10-8-11(2)14-12(5-7-16-3)4-6-15-13(14)9-10/h8-9,12,15H,4-7H2,1-3H3. The van der Waals surface area contributed by atoms with Crippen molar-refractivity contribution in [1.29, 1.82) is 0 Å². The Morgan fingerprint density at radius 1 is 1.38 bits per heavy atom. The van der Waals surface area contributed by atoms with Crippen molar-refractivity contribution >= 4 is 5.69 Å². The molecule has 1 aliphatic heterocycles. The Hall–Kier alpha value is -1.02. The molecule has 1 aromatic rings.